The summed E-state index contributed by atoms with van der Waals surface area (Å²) in [5.41, 5.74) is -3.52. The lowest BCUT2D eigenvalue weighted by Crippen LogP contribution is -2.35. The minimum Gasteiger partial charge on any atom is -0.476 e. The zero-order valence-electron chi connectivity index (χ0n) is 12.4. The first-order valence-electron chi connectivity index (χ1n) is 6.46. The van der Waals surface area contributed by atoms with Gasteiger partial charge in [0.25, 0.3) is 5.56 Å². The summed E-state index contributed by atoms with van der Waals surface area (Å²) >= 11 is 12.3. The van der Waals surface area contributed by atoms with Crippen LogP contribution in [0, 0.1) is 11.3 Å². The molecule has 10 heteroatoms. The van der Waals surface area contributed by atoms with E-state index >= 15 is 0 Å². The van der Waals surface area contributed by atoms with Gasteiger partial charge in [0.05, 0.1) is 17.2 Å². The SMILES string of the molecule is CC(C)(C#N)c1c(Cl)cc(-n2nc(C(=O)O)c(=O)[nH]c2=O)cc1Cl. The van der Waals surface area contributed by atoms with Gasteiger partial charge in [0.1, 0.15) is 0 Å². The van der Waals surface area contributed by atoms with E-state index in [1.54, 1.807) is 13.8 Å². The van der Waals surface area contributed by atoms with E-state index in [1.807, 2.05) is 4.98 Å². The van der Waals surface area contributed by atoms with Gasteiger partial charge in [0.15, 0.2) is 0 Å². The van der Waals surface area contributed by atoms with Crippen LogP contribution < -0.4 is 11.2 Å². The highest BCUT2D eigenvalue weighted by molar-refractivity contribution is 6.36. The Kier molecular flexibility index (Phi) is 4.51. The standard InChI is InChI=1S/C14H10Cl2N4O4/c1-14(2,5-17)9-7(15)3-6(4-8(9)16)20-13(24)18-11(21)10(19-20)12(22)23/h3-4H,1-2H3,(H,22,23)(H,18,21,24). The molecule has 0 fully saturated rings. The lowest BCUT2D eigenvalue weighted by atomic mass is 9.86. The van der Waals surface area contributed by atoms with Crippen molar-refractivity contribution in [3.8, 4) is 11.8 Å². The second kappa shape index (κ2) is 6.11. The van der Waals surface area contributed by atoms with E-state index in [0.717, 1.165) is 0 Å². The fourth-order valence-electron chi connectivity index (χ4n) is 2.05. The summed E-state index contributed by atoms with van der Waals surface area (Å²) in [4.78, 5) is 36.2. The number of H-pyrrole nitrogens is 1. The molecule has 0 aliphatic carbocycles. The number of carboxylic acids is 1. The third-order valence-electron chi connectivity index (χ3n) is 3.21. The van der Waals surface area contributed by atoms with Crippen molar-refractivity contribution >= 4 is 29.2 Å². The van der Waals surface area contributed by atoms with Crippen LogP contribution in [0.25, 0.3) is 5.69 Å². The Morgan fingerprint density at radius 1 is 1.33 bits per heavy atom. The number of benzene rings is 1. The van der Waals surface area contributed by atoms with Crippen molar-refractivity contribution in [1.82, 2.24) is 14.8 Å². The van der Waals surface area contributed by atoms with Gasteiger partial charge in [-0.2, -0.15) is 15.0 Å². The molecule has 0 saturated carbocycles. The maximum absolute atomic E-state index is 11.9. The number of nitriles is 1. The number of hydrogen-bond acceptors (Lipinski definition) is 5. The van der Waals surface area contributed by atoms with Crippen molar-refractivity contribution in [3.63, 3.8) is 0 Å². The van der Waals surface area contributed by atoms with E-state index in [0.29, 0.717) is 10.2 Å². The Labute approximate surface area is 144 Å². The molecule has 0 saturated heterocycles. The molecule has 0 atom stereocenters. The van der Waals surface area contributed by atoms with Crippen LogP contribution in [0.4, 0.5) is 0 Å². The molecule has 1 aromatic heterocycles. The second-order valence-electron chi connectivity index (χ2n) is 5.35. The fraction of sp³-hybridized carbons (Fsp3) is 0.214. The van der Waals surface area contributed by atoms with Crippen molar-refractivity contribution in [3.05, 3.63) is 54.3 Å². The number of nitrogens with one attached hydrogen (secondary N) is 1. The summed E-state index contributed by atoms with van der Waals surface area (Å²) in [6, 6.07) is 4.67. The number of carboxylic acid groups (broad SMARTS) is 1. The summed E-state index contributed by atoms with van der Waals surface area (Å²) in [6.45, 7) is 3.24. The van der Waals surface area contributed by atoms with Crippen LogP contribution in [-0.2, 0) is 5.41 Å². The Balaban J connectivity index is 2.75. The third kappa shape index (κ3) is 3.04. The molecule has 0 spiro atoms. The predicted octanol–water partition coefficient (Wildman–Crippen LogP) is 1.73. The number of rotatable bonds is 3. The number of hydrogen-bond donors (Lipinski definition) is 2. The molecular weight excluding hydrogens is 359 g/mol. The molecule has 0 radical (unpaired) electrons. The lowest BCUT2D eigenvalue weighted by molar-refractivity contribution is 0.0685. The highest BCUT2D eigenvalue weighted by atomic mass is 35.5. The zero-order chi connectivity index (χ0) is 18.2. The maximum Gasteiger partial charge on any atom is 0.362 e. The van der Waals surface area contributed by atoms with Gasteiger partial charge in [-0.25, -0.2) is 9.59 Å². The quantitative estimate of drug-likeness (QED) is 0.848. The van der Waals surface area contributed by atoms with E-state index in [2.05, 4.69) is 11.2 Å². The summed E-state index contributed by atoms with van der Waals surface area (Å²) in [5, 5.41) is 21.9. The zero-order valence-corrected chi connectivity index (χ0v) is 13.9. The van der Waals surface area contributed by atoms with E-state index in [4.69, 9.17) is 28.3 Å². The van der Waals surface area contributed by atoms with E-state index in [-0.39, 0.29) is 15.7 Å². The number of nitrogens with zero attached hydrogens (tertiary/aromatic N) is 3. The normalized spacial score (nSPS) is 11.1. The Hall–Kier alpha value is -2.63. The van der Waals surface area contributed by atoms with E-state index < -0.39 is 28.3 Å². The van der Waals surface area contributed by atoms with Gasteiger partial charge in [-0.3, -0.25) is 9.78 Å². The topological polar surface area (TPSA) is 129 Å². The predicted molar refractivity (Wildman–Crippen MR) is 86.1 cm³/mol. The fourth-order valence-corrected chi connectivity index (χ4v) is 3.00. The van der Waals surface area contributed by atoms with Crippen LogP contribution in [0.1, 0.15) is 29.9 Å². The Morgan fingerprint density at radius 2 is 1.88 bits per heavy atom. The van der Waals surface area contributed by atoms with Crippen molar-refractivity contribution in [1.29, 1.82) is 5.26 Å². The van der Waals surface area contributed by atoms with Gasteiger partial charge < -0.3 is 5.11 Å². The number of carbonyl (C=O) groups is 1. The molecule has 0 aliphatic heterocycles. The van der Waals surface area contributed by atoms with Gasteiger partial charge in [-0.1, -0.05) is 23.2 Å². The highest BCUT2D eigenvalue weighted by Crippen LogP contribution is 2.36. The average Bonchev–Trinajstić information content (AvgIpc) is 2.45. The van der Waals surface area contributed by atoms with Gasteiger partial charge in [-0.15, -0.1) is 0 Å². The van der Waals surface area contributed by atoms with Crippen molar-refractivity contribution in [2.75, 3.05) is 0 Å². The molecule has 0 bridgehead atoms. The molecule has 124 valence electrons. The van der Waals surface area contributed by atoms with Gasteiger partial charge in [-0.05, 0) is 26.0 Å². The number of aromatic amines is 1. The summed E-state index contributed by atoms with van der Waals surface area (Å²) in [6.07, 6.45) is 0. The molecule has 24 heavy (non-hydrogen) atoms. The molecular formula is C14H10Cl2N4O4. The van der Waals surface area contributed by atoms with Gasteiger partial charge >= 0.3 is 11.7 Å². The van der Waals surface area contributed by atoms with Crippen LogP contribution >= 0.6 is 23.2 Å². The van der Waals surface area contributed by atoms with Gasteiger partial charge in [0.2, 0.25) is 5.69 Å². The first kappa shape index (κ1) is 17.7. The van der Waals surface area contributed by atoms with Crippen molar-refractivity contribution in [2.45, 2.75) is 19.3 Å². The van der Waals surface area contributed by atoms with Gasteiger partial charge in [0, 0.05) is 15.6 Å². The minimum absolute atomic E-state index is 0.0474. The lowest BCUT2D eigenvalue weighted by Gasteiger charge is -2.20. The molecule has 0 unspecified atom stereocenters. The highest BCUT2D eigenvalue weighted by Gasteiger charge is 2.27. The molecule has 2 rings (SSSR count). The molecule has 1 heterocycles. The van der Waals surface area contributed by atoms with Crippen LogP contribution in [0.3, 0.4) is 0 Å². The molecule has 0 amide bonds. The van der Waals surface area contributed by atoms with E-state index in [9.17, 15) is 19.6 Å². The number of aromatic carboxylic acids is 1. The van der Waals surface area contributed by atoms with Crippen LogP contribution in [-0.4, -0.2) is 25.8 Å². The van der Waals surface area contributed by atoms with Crippen LogP contribution in [0.15, 0.2) is 21.7 Å². The molecule has 8 nitrogen and oxygen atoms in total. The van der Waals surface area contributed by atoms with Crippen LogP contribution in [0.2, 0.25) is 10.0 Å². The monoisotopic (exact) mass is 368 g/mol. The summed E-state index contributed by atoms with van der Waals surface area (Å²) in [7, 11) is 0. The smallest absolute Gasteiger partial charge is 0.362 e. The summed E-state index contributed by atoms with van der Waals surface area (Å²) in [5.74, 6) is -1.59. The molecule has 2 aromatic rings. The first-order valence-corrected chi connectivity index (χ1v) is 7.22. The molecule has 2 N–H and O–H groups in total. The Morgan fingerprint density at radius 3 is 2.33 bits per heavy atom. The largest absolute Gasteiger partial charge is 0.476 e. The second-order valence-corrected chi connectivity index (χ2v) is 6.16. The molecule has 0 aliphatic rings. The number of aromatic nitrogens is 3. The van der Waals surface area contributed by atoms with Crippen molar-refractivity contribution in [2.24, 2.45) is 0 Å². The first-order chi connectivity index (χ1) is 11.1. The third-order valence-corrected chi connectivity index (χ3v) is 3.80. The average molecular weight is 369 g/mol. The van der Waals surface area contributed by atoms with Crippen LogP contribution in [0.5, 0.6) is 0 Å². The van der Waals surface area contributed by atoms with E-state index in [1.165, 1.54) is 12.1 Å². The number of halogens is 2. The van der Waals surface area contributed by atoms with Crippen molar-refractivity contribution < 1.29 is 9.90 Å². The molecule has 1 aromatic carbocycles. The maximum atomic E-state index is 11.9. The minimum atomic E-state index is -1.59. The summed E-state index contributed by atoms with van der Waals surface area (Å²) < 4.78 is 0.658. The Bertz CT molecular complexity index is 978.